The lowest BCUT2D eigenvalue weighted by Gasteiger charge is -2.01. The molecule has 3 aromatic carbocycles. The zero-order valence-corrected chi connectivity index (χ0v) is 22.4. The van der Waals surface area contributed by atoms with E-state index in [-0.39, 0.29) is 16.7 Å². The van der Waals surface area contributed by atoms with E-state index in [4.69, 9.17) is 18.9 Å². The summed E-state index contributed by atoms with van der Waals surface area (Å²) in [7, 11) is 0. The van der Waals surface area contributed by atoms with Crippen molar-refractivity contribution in [2.24, 2.45) is 0 Å². The molecule has 0 unspecified atom stereocenters. The van der Waals surface area contributed by atoms with Gasteiger partial charge in [-0.15, -0.1) is 0 Å². The molecule has 0 amide bonds. The second kappa shape index (κ2) is 15.0. The van der Waals surface area contributed by atoms with Crippen LogP contribution < -0.4 is 9.47 Å². The van der Waals surface area contributed by atoms with Crippen molar-refractivity contribution in [2.75, 3.05) is 0 Å². The molecule has 0 aliphatic carbocycles. The van der Waals surface area contributed by atoms with E-state index in [0.29, 0.717) is 28.2 Å². The van der Waals surface area contributed by atoms with Gasteiger partial charge in [-0.05, 0) is 68.4 Å². The standard InChI is InChI=1S/C34H25FO6/c1-24(2)33(36)40-19-17-38-30-9-5-7-26(21-30)11-12-28-14-16-29(32(35)23-28)15-13-27-8-6-10-31(22-27)39-18-20-41-34(37)25(3)4/h5-10,14,16-23H,1,3H2,2,4H3/b19-17-,20-18-. The van der Waals surface area contributed by atoms with Crippen LogP contribution in [-0.4, -0.2) is 11.9 Å². The summed E-state index contributed by atoms with van der Waals surface area (Å²) in [4.78, 5) is 22.7. The van der Waals surface area contributed by atoms with E-state index in [2.05, 4.69) is 36.8 Å². The van der Waals surface area contributed by atoms with E-state index >= 15 is 0 Å². The molecule has 3 rings (SSSR count). The van der Waals surface area contributed by atoms with Gasteiger partial charge in [-0.3, -0.25) is 0 Å². The highest BCUT2D eigenvalue weighted by Crippen LogP contribution is 2.15. The molecule has 0 saturated carbocycles. The number of benzene rings is 3. The number of halogens is 1. The third kappa shape index (κ3) is 10.1. The van der Waals surface area contributed by atoms with Crippen LogP contribution in [0.2, 0.25) is 0 Å². The van der Waals surface area contributed by atoms with E-state index in [9.17, 15) is 14.0 Å². The molecule has 0 atom stereocenters. The summed E-state index contributed by atoms with van der Waals surface area (Å²) in [5, 5.41) is 0. The normalized spacial score (nSPS) is 10.1. The lowest BCUT2D eigenvalue weighted by Crippen LogP contribution is -1.99. The number of carbonyl (C=O) groups excluding carboxylic acids is 2. The van der Waals surface area contributed by atoms with Gasteiger partial charge >= 0.3 is 11.9 Å². The van der Waals surface area contributed by atoms with Crippen LogP contribution in [0.15, 0.2) is 116 Å². The third-order valence-electron chi connectivity index (χ3n) is 4.90. The summed E-state index contributed by atoms with van der Waals surface area (Å²) in [5.74, 6) is 10.9. The molecule has 0 aliphatic heterocycles. The van der Waals surface area contributed by atoms with Crippen LogP contribution in [0.4, 0.5) is 4.39 Å². The minimum absolute atomic E-state index is 0.211. The summed E-state index contributed by atoms with van der Waals surface area (Å²) in [5.41, 5.74) is 2.47. The molecule has 0 saturated heterocycles. The number of carbonyl (C=O) groups is 2. The van der Waals surface area contributed by atoms with Crippen LogP contribution in [0, 0.1) is 29.5 Å². The van der Waals surface area contributed by atoms with E-state index in [1.165, 1.54) is 25.5 Å². The first-order valence-corrected chi connectivity index (χ1v) is 12.1. The maximum atomic E-state index is 14.7. The molecule has 204 valence electrons. The minimum atomic E-state index is -0.558. The SMILES string of the molecule is C=C(C)C(=O)O/C=C\Oc1cccc(C#Cc2ccc(C#Cc3cccc(O/C=C\OC(=O)C(=C)C)c3)c(F)c2)c1. The fraction of sp³-hybridized carbons (Fsp3) is 0.0588. The largest absolute Gasteiger partial charge is 0.462 e. The van der Waals surface area contributed by atoms with Gasteiger partial charge in [0.25, 0.3) is 0 Å². The van der Waals surface area contributed by atoms with Crippen LogP contribution in [-0.2, 0) is 19.1 Å². The van der Waals surface area contributed by atoms with Gasteiger partial charge in [-0.1, -0.05) is 49.0 Å². The molecule has 0 spiro atoms. The summed E-state index contributed by atoms with van der Waals surface area (Å²) in [6, 6.07) is 18.3. The van der Waals surface area contributed by atoms with E-state index in [1.807, 2.05) is 0 Å². The van der Waals surface area contributed by atoms with Gasteiger partial charge in [0.1, 0.15) is 42.4 Å². The Bertz CT molecular complexity index is 1660. The Kier molecular flexibility index (Phi) is 10.9. The number of rotatable bonds is 8. The van der Waals surface area contributed by atoms with Crippen molar-refractivity contribution in [3.63, 3.8) is 0 Å². The first kappa shape index (κ1) is 29.8. The molecule has 0 fully saturated rings. The molecule has 0 aromatic heterocycles. The van der Waals surface area contributed by atoms with Crippen LogP contribution in [0.25, 0.3) is 0 Å². The molecule has 3 aromatic rings. The monoisotopic (exact) mass is 548 g/mol. The lowest BCUT2D eigenvalue weighted by atomic mass is 10.1. The predicted molar refractivity (Wildman–Crippen MR) is 153 cm³/mol. The molecule has 41 heavy (non-hydrogen) atoms. The van der Waals surface area contributed by atoms with Crippen molar-refractivity contribution in [3.8, 4) is 35.2 Å². The number of hydrogen-bond acceptors (Lipinski definition) is 6. The summed E-state index contributed by atoms with van der Waals surface area (Å²) < 4.78 is 35.2. The summed E-state index contributed by atoms with van der Waals surface area (Å²) in [6.07, 6.45) is 4.69. The van der Waals surface area contributed by atoms with Crippen molar-refractivity contribution in [1.82, 2.24) is 0 Å². The van der Waals surface area contributed by atoms with Gasteiger partial charge in [0, 0.05) is 27.8 Å². The van der Waals surface area contributed by atoms with Gasteiger partial charge in [-0.25, -0.2) is 14.0 Å². The van der Waals surface area contributed by atoms with Crippen LogP contribution in [0.5, 0.6) is 11.5 Å². The molecule has 0 aliphatic rings. The third-order valence-corrected chi connectivity index (χ3v) is 4.90. The van der Waals surface area contributed by atoms with Crippen molar-refractivity contribution in [1.29, 1.82) is 0 Å². The summed E-state index contributed by atoms with van der Waals surface area (Å²) >= 11 is 0. The average Bonchev–Trinajstić information content (AvgIpc) is 2.96. The Morgan fingerprint density at radius 3 is 1.59 bits per heavy atom. The number of hydrogen-bond donors (Lipinski definition) is 0. The van der Waals surface area contributed by atoms with Crippen molar-refractivity contribution in [2.45, 2.75) is 13.8 Å². The van der Waals surface area contributed by atoms with Gasteiger partial charge in [0.05, 0.1) is 5.56 Å². The van der Waals surface area contributed by atoms with Crippen molar-refractivity contribution in [3.05, 3.63) is 144 Å². The highest BCUT2D eigenvalue weighted by molar-refractivity contribution is 5.87. The number of esters is 2. The molecular formula is C34H25FO6. The molecule has 0 radical (unpaired) electrons. The Labute approximate surface area is 238 Å². The fourth-order valence-corrected chi connectivity index (χ4v) is 2.87. The van der Waals surface area contributed by atoms with Crippen LogP contribution in [0.1, 0.15) is 36.1 Å². The van der Waals surface area contributed by atoms with Gasteiger partial charge < -0.3 is 18.9 Å². The highest BCUT2D eigenvalue weighted by atomic mass is 19.1. The maximum absolute atomic E-state index is 14.7. The lowest BCUT2D eigenvalue weighted by molar-refractivity contribution is -0.134. The molecule has 0 N–H and O–H groups in total. The minimum Gasteiger partial charge on any atom is -0.462 e. The smallest absolute Gasteiger partial charge is 0.338 e. The molecule has 7 heteroatoms. The topological polar surface area (TPSA) is 71.1 Å². The second-order valence-corrected chi connectivity index (χ2v) is 8.40. The van der Waals surface area contributed by atoms with Crippen LogP contribution >= 0.6 is 0 Å². The first-order valence-electron chi connectivity index (χ1n) is 12.1. The molecule has 0 bridgehead atoms. The molecule has 6 nitrogen and oxygen atoms in total. The van der Waals surface area contributed by atoms with Crippen molar-refractivity contribution >= 4 is 11.9 Å². The Hall–Kier alpha value is -5.79. The maximum Gasteiger partial charge on any atom is 0.338 e. The Morgan fingerprint density at radius 2 is 1.12 bits per heavy atom. The fourth-order valence-electron chi connectivity index (χ4n) is 2.87. The first-order chi connectivity index (χ1) is 19.7. The van der Waals surface area contributed by atoms with Gasteiger partial charge in [-0.2, -0.15) is 0 Å². The van der Waals surface area contributed by atoms with Crippen molar-refractivity contribution < 1.29 is 32.9 Å². The van der Waals surface area contributed by atoms with Gasteiger partial charge in [0.2, 0.25) is 0 Å². The predicted octanol–water partition coefficient (Wildman–Crippen LogP) is 6.56. The highest BCUT2D eigenvalue weighted by Gasteiger charge is 2.02. The Balaban J connectivity index is 1.62. The average molecular weight is 549 g/mol. The number of ether oxygens (including phenoxy) is 4. The van der Waals surface area contributed by atoms with Crippen LogP contribution in [0.3, 0.4) is 0 Å². The Morgan fingerprint density at radius 1 is 0.659 bits per heavy atom. The zero-order valence-electron chi connectivity index (χ0n) is 22.4. The second-order valence-electron chi connectivity index (χ2n) is 8.40. The van der Waals surface area contributed by atoms with E-state index in [0.717, 1.165) is 12.5 Å². The molecular weight excluding hydrogens is 523 g/mol. The zero-order chi connectivity index (χ0) is 29.6. The van der Waals surface area contributed by atoms with E-state index in [1.54, 1.807) is 67.6 Å². The van der Waals surface area contributed by atoms with E-state index < -0.39 is 17.8 Å². The summed E-state index contributed by atoms with van der Waals surface area (Å²) in [6.45, 7) is 10.1. The molecule has 0 heterocycles. The quantitative estimate of drug-likeness (QED) is 0.137. The van der Waals surface area contributed by atoms with Gasteiger partial charge in [0.15, 0.2) is 0 Å².